The third kappa shape index (κ3) is 4.14. The van der Waals surface area contributed by atoms with E-state index < -0.39 is 6.04 Å². The fourth-order valence-electron chi connectivity index (χ4n) is 2.32. The molecule has 5 heteroatoms. The molecule has 1 aromatic carbocycles. The quantitative estimate of drug-likeness (QED) is 0.927. The Balaban J connectivity index is 1.90. The third-order valence-corrected chi connectivity index (χ3v) is 3.68. The molecule has 0 radical (unpaired) electrons. The molecule has 1 unspecified atom stereocenters. The van der Waals surface area contributed by atoms with Crippen LogP contribution < -0.4 is 5.32 Å². The summed E-state index contributed by atoms with van der Waals surface area (Å²) in [4.78, 5) is 14.0. The van der Waals surface area contributed by atoms with Gasteiger partial charge in [-0.2, -0.15) is 5.26 Å². The molecule has 20 heavy (non-hydrogen) atoms. The van der Waals surface area contributed by atoms with Crippen LogP contribution in [0.15, 0.2) is 24.3 Å². The molecule has 1 aromatic rings. The minimum Gasteiger partial charge on any atom is -0.369 e. The highest BCUT2D eigenvalue weighted by Crippen LogP contribution is 2.16. The van der Waals surface area contributed by atoms with Gasteiger partial charge in [0.15, 0.2) is 0 Å². The van der Waals surface area contributed by atoms with Crippen LogP contribution in [0.4, 0.5) is 5.69 Å². The zero-order valence-corrected chi connectivity index (χ0v) is 12.1. The third-order valence-electron chi connectivity index (χ3n) is 3.43. The summed E-state index contributed by atoms with van der Waals surface area (Å²) in [5.41, 5.74) is 0.799. The zero-order chi connectivity index (χ0) is 14.4. The number of amides is 1. The van der Waals surface area contributed by atoms with Crippen LogP contribution in [0.3, 0.4) is 0 Å². The SMILES string of the molecule is N#CC(CC(=O)N1CCCCC1)Nc1ccc(Cl)cc1. The van der Waals surface area contributed by atoms with E-state index in [2.05, 4.69) is 11.4 Å². The first-order chi connectivity index (χ1) is 9.69. The molecule has 106 valence electrons. The number of halogens is 1. The lowest BCUT2D eigenvalue weighted by atomic mass is 10.1. The van der Waals surface area contributed by atoms with Crippen LogP contribution >= 0.6 is 11.6 Å². The van der Waals surface area contributed by atoms with Crippen LogP contribution in [-0.2, 0) is 4.79 Å². The van der Waals surface area contributed by atoms with Crippen molar-refractivity contribution in [2.45, 2.75) is 31.7 Å². The number of likely N-dealkylation sites (tertiary alicyclic amines) is 1. The molecule has 0 bridgehead atoms. The van der Waals surface area contributed by atoms with E-state index in [1.165, 1.54) is 6.42 Å². The van der Waals surface area contributed by atoms with E-state index >= 15 is 0 Å². The Morgan fingerprint density at radius 2 is 1.95 bits per heavy atom. The maximum atomic E-state index is 12.1. The normalized spacial score (nSPS) is 16.3. The maximum absolute atomic E-state index is 12.1. The highest BCUT2D eigenvalue weighted by Gasteiger charge is 2.20. The molecule has 1 fully saturated rings. The molecule has 1 N–H and O–H groups in total. The summed E-state index contributed by atoms with van der Waals surface area (Å²) >= 11 is 5.81. The van der Waals surface area contributed by atoms with Gasteiger partial charge in [0.25, 0.3) is 0 Å². The molecule has 1 aliphatic rings. The summed E-state index contributed by atoms with van der Waals surface area (Å²) in [7, 11) is 0. The molecular weight excluding hydrogens is 274 g/mol. The van der Waals surface area contributed by atoms with E-state index in [0.717, 1.165) is 31.6 Å². The van der Waals surface area contributed by atoms with Crippen molar-refractivity contribution in [2.75, 3.05) is 18.4 Å². The largest absolute Gasteiger partial charge is 0.369 e. The number of nitrogens with zero attached hydrogens (tertiary/aromatic N) is 2. The standard InChI is InChI=1S/C15H18ClN3O/c16-12-4-6-13(7-5-12)18-14(11-17)10-15(20)19-8-2-1-3-9-19/h4-7,14,18H,1-3,8-10H2. The van der Waals surface area contributed by atoms with Gasteiger partial charge in [-0.05, 0) is 43.5 Å². The second-order valence-electron chi connectivity index (χ2n) is 4.98. The zero-order valence-electron chi connectivity index (χ0n) is 11.3. The number of nitrogens with one attached hydrogen (secondary N) is 1. The Kier molecular flexibility index (Phi) is 5.25. The van der Waals surface area contributed by atoms with E-state index in [9.17, 15) is 10.1 Å². The second-order valence-corrected chi connectivity index (χ2v) is 5.41. The van der Waals surface area contributed by atoms with Crippen molar-refractivity contribution < 1.29 is 4.79 Å². The first-order valence-electron chi connectivity index (χ1n) is 6.88. The smallest absolute Gasteiger partial charge is 0.225 e. The Labute approximate surface area is 124 Å². The average molecular weight is 292 g/mol. The van der Waals surface area contributed by atoms with Crippen molar-refractivity contribution in [1.82, 2.24) is 4.90 Å². The summed E-state index contributed by atoms with van der Waals surface area (Å²) in [6.07, 6.45) is 3.52. The summed E-state index contributed by atoms with van der Waals surface area (Å²) in [5.74, 6) is 0.0534. The number of benzene rings is 1. The van der Waals surface area contributed by atoms with Crippen molar-refractivity contribution in [3.05, 3.63) is 29.3 Å². The predicted molar refractivity (Wildman–Crippen MR) is 79.5 cm³/mol. The lowest BCUT2D eigenvalue weighted by molar-refractivity contribution is -0.132. The average Bonchev–Trinajstić information content (AvgIpc) is 2.49. The van der Waals surface area contributed by atoms with Crippen LogP contribution in [0, 0.1) is 11.3 Å². The minimum absolute atomic E-state index is 0.0534. The fourth-order valence-corrected chi connectivity index (χ4v) is 2.45. The van der Waals surface area contributed by atoms with Gasteiger partial charge in [-0.1, -0.05) is 11.6 Å². The summed E-state index contributed by atoms with van der Waals surface area (Å²) in [6.45, 7) is 1.63. The number of carbonyl (C=O) groups is 1. The van der Waals surface area contributed by atoms with E-state index in [1.807, 2.05) is 4.90 Å². The molecule has 1 atom stereocenters. The molecule has 1 aliphatic heterocycles. The highest BCUT2D eigenvalue weighted by atomic mass is 35.5. The summed E-state index contributed by atoms with van der Waals surface area (Å²) in [6, 6.07) is 8.75. The summed E-state index contributed by atoms with van der Waals surface area (Å²) in [5, 5.41) is 12.9. The predicted octanol–water partition coefficient (Wildman–Crippen LogP) is 3.05. The molecular formula is C15H18ClN3O. The van der Waals surface area contributed by atoms with Gasteiger partial charge in [0.2, 0.25) is 5.91 Å². The van der Waals surface area contributed by atoms with Crippen molar-refractivity contribution in [1.29, 1.82) is 5.26 Å². The van der Waals surface area contributed by atoms with Crippen LogP contribution in [-0.4, -0.2) is 29.9 Å². The molecule has 1 saturated heterocycles. The number of rotatable bonds is 4. The van der Waals surface area contributed by atoms with Crippen molar-refractivity contribution in [3.63, 3.8) is 0 Å². The number of piperidine rings is 1. The van der Waals surface area contributed by atoms with Gasteiger partial charge in [-0.15, -0.1) is 0 Å². The van der Waals surface area contributed by atoms with Gasteiger partial charge in [-0.3, -0.25) is 4.79 Å². The van der Waals surface area contributed by atoms with E-state index in [0.29, 0.717) is 5.02 Å². The second kappa shape index (κ2) is 7.16. The topological polar surface area (TPSA) is 56.1 Å². The summed E-state index contributed by atoms with van der Waals surface area (Å²) < 4.78 is 0. The number of nitriles is 1. The van der Waals surface area contributed by atoms with Gasteiger partial charge < -0.3 is 10.2 Å². The van der Waals surface area contributed by atoms with Gasteiger partial charge >= 0.3 is 0 Å². The molecule has 4 nitrogen and oxygen atoms in total. The first-order valence-corrected chi connectivity index (χ1v) is 7.26. The lowest BCUT2D eigenvalue weighted by Gasteiger charge is -2.27. The first kappa shape index (κ1) is 14.7. The number of carbonyl (C=O) groups excluding carboxylic acids is 1. The van der Waals surface area contributed by atoms with Crippen molar-refractivity contribution >= 4 is 23.2 Å². The molecule has 2 rings (SSSR count). The minimum atomic E-state index is -0.509. The molecule has 0 spiro atoms. The van der Waals surface area contributed by atoms with Crippen LogP contribution in [0.25, 0.3) is 0 Å². The van der Waals surface area contributed by atoms with Gasteiger partial charge in [0.05, 0.1) is 12.5 Å². The van der Waals surface area contributed by atoms with Gasteiger partial charge in [-0.25, -0.2) is 0 Å². The molecule has 0 saturated carbocycles. The molecule has 0 aromatic heterocycles. The Hall–Kier alpha value is -1.73. The highest BCUT2D eigenvalue weighted by molar-refractivity contribution is 6.30. The Morgan fingerprint density at radius 1 is 1.30 bits per heavy atom. The van der Waals surface area contributed by atoms with Crippen LogP contribution in [0.2, 0.25) is 5.02 Å². The lowest BCUT2D eigenvalue weighted by Crippen LogP contribution is -2.38. The van der Waals surface area contributed by atoms with Crippen molar-refractivity contribution in [3.8, 4) is 6.07 Å². The van der Waals surface area contributed by atoms with Crippen LogP contribution in [0.5, 0.6) is 0 Å². The van der Waals surface area contributed by atoms with E-state index in [1.54, 1.807) is 24.3 Å². The number of anilines is 1. The molecule has 0 aliphatic carbocycles. The van der Waals surface area contributed by atoms with Gasteiger partial charge in [0, 0.05) is 23.8 Å². The Morgan fingerprint density at radius 3 is 2.55 bits per heavy atom. The molecule has 1 amide bonds. The number of hydrogen-bond donors (Lipinski definition) is 1. The Bertz CT molecular complexity index is 489. The molecule has 1 heterocycles. The van der Waals surface area contributed by atoms with E-state index in [4.69, 9.17) is 11.6 Å². The van der Waals surface area contributed by atoms with E-state index in [-0.39, 0.29) is 12.3 Å². The monoisotopic (exact) mass is 291 g/mol. The maximum Gasteiger partial charge on any atom is 0.225 e. The van der Waals surface area contributed by atoms with Gasteiger partial charge in [0.1, 0.15) is 6.04 Å². The number of hydrogen-bond acceptors (Lipinski definition) is 3. The van der Waals surface area contributed by atoms with Crippen LogP contribution in [0.1, 0.15) is 25.7 Å². The van der Waals surface area contributed by atoms with Crippen molar-refractivity contribution in [2.24, 2.45) is 0 Å². The fraction of sp³-hybridized carbons (Fsp3) is 0.467.